The van der Waals surface area contributed by atoms with Gasteiger partial charge < -0.3 is 4.74 Å². The molecule has 19 heavy (non-hydrogen) atoms. The fourth-order valence-corrected chi connectivity index (χ4v) is 3.88. The lowest BCUT2D eigenvalue weighted by Gasteiger charge is -2.34. The Labute approximate surface area is 117 Å². The van der Waals surface area contributed by atoms with Gasteiger partial charge in [0.1, 0.15) is 16.8 Å². The van der Waals surface area contributed by atoms with E-state index in [4.69, 9.17) is 4.74 Å². The molecule has 1 aromatic rings. The summed E-state index contributed by atoms with van der Waals surface area (Å²) < 4.78 is 5.85. The van der Waals surface area contributed by atoms with E-state index in [2.05, 4.69) is 23.7 Å². The van der Waals surface area contributed by atoms with Crippen LogP contribution in [-0.2, 0) is 11.2 Å². The van der Waals surface area contributed by atoms with Crippen molar-refractivity contribution in [2.75, 3.05) is 19.7 Å². The monoisotopic (exact) mass is 280 g/mol. The predicted octanol–water partition coefficient (Wildman–Crippen LogP) is 2.44. The number of carbonyl (C=O) groups is 1. The van der Waals surface area contributed by atoms with Crippen LogP contribution in [0.1, 0.15) is 53.2 Å². The van der Waals surface area contributed by atoms with Crippen molar-refractivity contribution in [2.45, 2.75) is 45.3 Å². The number of carbonyl (C=O) groups excluding carboxylic acids is 1. The molecule has 0 bridgehead atoms. The molecule has 0 amide bonds. The molecule has 4 nitrogen and oxygen atoms in total. The molecule has 0 saturated carbocycles. The zero-order valence-electron chi connectivity index (χ0n) is 11.5. The molecule has 0 radical (unpaired) electrons. The number of Topliss-reactive ketones (excluding diaryl/α,β-unsaturated/α-hetero) is 1. The summed E-state index contributed by atoms with van der Waals surface area (Å²) in [5, 5.41) is 0.991. The number of hydrogen-bond donors (Lipinski definition) is 0. The van der Waals surface area contributed by atoms with Crippen LogP contribution in [0.5, 0.6) is 0 Å². The van der Waals surface area contributed by atoms with Crippen molar-refractivity contribution in [3.63, 3.8) is 0 Å². The smallest absolute Gasteiger partial charge is 0.182 e. The summed E-state index contributed by atoms with van der Waals surface area (Å²) in [5.74, 6) is 0.209. The standard InChI is InChI=1S/C14H20N2O2S/c1-9(2)16-6-7-18-11(8-16)14-15-13-10(17)4-3-5-12(13)19-14/h9,11H,3-8H2,1-2H3. The molecule has 2 aliphatic rings. The molecule has 0 spiro atoms. The zero-order valence-corrected chi connectivity index (χ0v) is 12.3. The number of aryl methyl sites for hydroxylation is 1. The van der Waals surface area contributed by atoms with Crippen LogP contribution in [0.4, 0.5) is 0 Å². The van der Waals surface area contributed by atoms with Gasteiger partial charge in [-0.25, -0.2) is 4.98 Å². The molecule has 1 fully saturated rings. The molecule has 5 heteroatoms. The minimum absolute atomic E-state index is 0.0412. The largest absolute Gasteiger partial charge is 0.368 e. The highest BCUT2D eigenvalue weighted by Crippen LogP contribution is 2.32. The van der Waals surface area contributed by atoms with Crippen LogP contribution in [0.25, 0.3) is 0 Å². The molecular weight excluding hydrogens is 260 g/mol. The Bertz CT molecular complexity index is 484. The van der Waals surface area contributed by atoms with E-state index in [1.54, 1.807) is 11.3 Å². The second-order valence-electron chi connectivity index (χ2n) is 5.55. The molecule has 1 aliphatic carbocycles. The highest BCUT2D eigenvalue weighted by atomic mass is 32.1. The first kappa shape index (κ1) is 13.2. The Balaban J connectivity index is 1.80. The first-order valence-corrected chi connectivity index (χ1v) is 7.85. The van der Waals surface area contributed by atoms with E-state index in [1.807, 2.05) is 0 Å². The number of thiazole rings is 1. The van der Waals surface area contributed by atoms with Gasteiger partial charge in [0.2, 0.25) is 0 Å². The van der Waals surface area contributed by atoms with Crippen LogP contribution in [0.3, 0.4) is 0 Å². The Morgan fingerprint density at radius 3 is 3.00 bits per heavy atom. The van der Waals surface area contributed by atoms with Gasteiger partial charge in [-0.2, -0.15) is 0 Å². The fraction of sp³-hybridized carbons (Fsp3) is 0.714. The zero-order chi connectivity index (χ0) is 13.4. The van der Waals surface area contributed by atoms with Crippen LogP contribution in [0, 0.1) is 0 Å². The second kappa shape index (κ2) is 5.31. The molecule has 1 aromatic heterocycles. The fourth-order valence-electron chi connectivity index (χ4n) is 2.71. The number of fused-ring (bicyclic) bond motifs is 1. The lowest BCUT2D eigenvalue weighted by atomic mass is 10.0. The number of ether oxygens (including phenoxy) is 1. The van der Waals surface area contributed by atoms with Crippen molar-refractivity contribution in [1.82, 2.24) is 9.88 Å². The lowest BCUT2D eigenvalue weighted by molar-refractivity contribution is -0.0402. The lowest BCUT2D eigenvalue weighted by Crippen LogP contribution is -2.42. The van der Waals surface area contributed by atoms with E-state index < -0.39 is 0 Å². The summed E-state index contributed by atoms with van der Waals surface area (Å²) in [4.78, 5) is 20.0. The minimum atomic E-state index is 0.0412. The number of morpholine rings is 1. The number of aromatic nitrogens is 1. The van der Waals surface area contributed by atoms with Gasteiger partial charge in [-0.1, -0.05) is 0 Å². The average molecular weight is 280 g/mol. The maximum atomic E-state index is 11.8. The quantitative estimate of drug-likeness (QED) is 0.834. The second-order valence-corrected chi connectivity index (χ2v) is 6.66. The summed E-state index contributed by atoms with van der Waals surface area (Å²) in [5.41, 5.74) is 0.719. The van der Waals surface area contributed by atoms with Crippen LogP contribution in [-0.4, -0.2) is 41.4 Å². The van der Waals surface area contributed by atoms with Gasteiger partial charge in [0.15, 0.2) is 5.78 Å². The molecule has 2 heterocycles. The van der Waals surface area contributed by atoms with Gasteiger partial charge >= 0.3 is 0 Å². The molecule has 104 valence electrons. The minimum Gasteiger partial charge on any atom is -0.368 e. The van der Waals surface area contributed by atoms with Crippen LogP contribution in [0.2, 0.25) is 0 Å². The SMILES string of the molecule is CC(C)N1CCOC(c2nc3c(s2)CCCC3=O)C1. The first-order valence-electron chi connectivity index (χ1n) is 7.03. The van der Waals surface area contributed by atoms with Crippen molar-refractivity contribution in [1.29, 1.82) is 0 Å². The van der Waals surface area contributed by atoms with Gasteiger partial charge in [-0.15, -0.1) is 11.3 Å². The van der Waals surface area contributed by atoms with Crippen molar-refractivity contribution in [3.05, 3.63) is 15.6 Å². The first-order chi connectivity index (χ1) is 9.15. The third-order valence-electron chi connectivity index (χ3n) is 3.89. The van der Waals surface area contributed by atoms with Crippen molar-refractivity contribution in [3.8, 4) is 0 Å². The highest BCUT2D eigenvalue weighted by Gasteiger charge is 2.29. The number of ketones is 1. The van der Waals surface area contributed by atoms with Crippen LogP contribution < -0.4 is 0 Å². The average Bonchev–Trinajstić information content (AvgIpc) is 2.84. The van der Waals surface area contributed by atoms with E-state index >= 15 is 0 Å². The van der Waals surface area contributed by atoms with Crippen LogP contribution >= 0.6 is 11.3 Å². The maximum Gasteiger partial charge on any atom is 0.182 e. The summed E-state index contributed by atoms with van der Waals surface area (Å²) in [6, 6.07) is 0.530. The molecule has 0 aromatic carbocycles. The van der Waals surface area contributed by atoms with E-state index in [-0.39, 0.29) is 11.9 Å². The number of hydrogen-bond acceptors (Lipinski definition) is 5. The Hall–Kier alpha value is -0.780. The van der Waals surface area contributed by atoms with Crippen LogP contribution in [0.15, 0.2) is 0 Å². The van der Waals surface area contributed by atoms with E-state index in [1.165, 1.54) is 0 Å². The van der Waals surface area contributed by atoms with Gasteiger partial charge in [0.25, 0.3) is 0 Å². The van der Waals surface area contributed by atoms with Crippen molar-refractivity contribution < 1.29 is 9.53 Å². The molecule has 3 rings (SSSR count). The molecule has 0 N–H and O–H groups in total. The summed E-state index contributed by atoms with van der Waals surface area (Å²) in [6.07, 6.45) is 2.66. The Kier molecular flexibility index (Phi) is 3.69. The molecule has 1 saturated heterocycles. The molecule has 1 unspecified atom stereocenters. The van der Waals surface area contributed by atoms with Gasteiger partial charge in [-0.05, 0) is 26.7 Å². The van der Waals surface area contributed by atoms with E-state index in [0.29, 0.717) is 12.5 Å². The van der Waals surface area contributed by atoms with Gasteiger partial charge in [0.05, 0.1) is 6.61 Å². The summed E-state index contributed by atoms with van der Waals surface area (Å²) in [6.45, 7) is 7.04. The third kappa shape index (κ3) is 2.59. The van der Waals surface area contributed by atoms with Crippen molar-refractivity contribution in [2.24, 2.45) is 0 Å². The Morgan fingerprint density at radius 2 is 2.26 bits per heavy atom. The number of rotatable bonds is 2. The molecule has 1 aliphatic heterocycles. The predicted molar refractivity (Wildman–Crippen MR) is 74.8 cm³/mol. The van der Waals surface area contributed by atoms with E-state index in [0.717, 1.165) is 48.1 Å². The third-order valence-corrected chi connectivity index (χ3v) is 5.10. The normalized spacial score (nSPS) is 24.8. The van der Waals surface area contributed by atoms with E-state index in [9.17, 15) is 4.79 Å². The topological polar surface area (TPSA) is 42.4 Å². The molecule has 1 atom stereocenters. The van der Waals surface area contributed by atoms with Gasteiger partial charge in [-0.3, -0.25) is 9.69 Å². The highest BCUT2D eigenvalue weighted by molar-refractivity contribution is 7.12. The summed E-state index contributed by atoms with van der Waals surface area (Å²) >= 11 is 1.68. The number of nitrogens with zero attached hydrogens (tertiary/aromatic N) is 2. The van der Waals surface area contributed by atoms with Crippen molar-refractivity contribution >= 4 is 17.1 Å². The maximum absolute atomic E-state index is 11.8. The molecular formula is C14H20N2O2S. The van der Waals surface area contributed by atoms with Gasteiger partial charge in [0, 0.05) is 30.4 Å². The Morgan fingerprint density at radius 1 is 1.42 bits per heavy atom. The summed E-state index contributed by atoms with van der Waals surface area (Å²) in [7, 11) is 0.